The number of benzene rings is 1. The van der Waals surface area contributed by atoms with Crippen LogP contribution in [-0.4, -0.2) is 46.1 Å². The summed E-state index contributed by atoms with van der Waals surface area (Å²) in [5.74, 6) is 0. The van der Waals surface area contributed by atoms with Gasteiger partial charge in [-0.1, -0.05) is 23.7 Å². The number of hydrogen-bond donors (Lipinski definition) is 1. The standard InChI is InChI=1S/C17H19ClN4S/c18-15-4-1-5-16(11-15)20-17(23)22-9-7-21(8-10-22)13-14-3-2-6-19-12-14/h1-6,11-12H,7-10,13H2,(H,20,23). The van der Waals surface area contributed by atoms with E-state index in [-0.39, 0.29) is 0 Å². The van der Waals surface area contributed by atoms with Crippen molar-refractivity contribution in [3.8, 4) is 0 Å². The molecule has 0 unspecified atom stereocenters. The Morgan fingerprint density at radius 1 is 1.17 bits per heavy atom. The number of nitrogens with one attached hydrogen (secondary N) is 1. The van der Waals surface area contributed by atoms with E-state index in [9.17, 15) is 0 Å². The SMILES string of the molecule is S=C(Nc1cccc(Cl)c1)N1CCN(Cc2cccnc2)CC1. The number of thiocarbonyl (C=S) groups is 1. The van der Waals surface area contributed by atoms with Crippen LogP contribution in [0.1, 0.15) is 5.56 Å². The zero-order valence-electron chi connectivity index (χ0n) is 12.8. The van der Waals surface area contributed by atoms with Gasteiger partial charge >= 0.3 is 0 Å². The molecule has 0 saturated carbocycles. The highest BCUT2D eigenvalue weighted by Crippen LogP contribution is 2.16. The van der Waals surface area contributed by atoms with Crippen molar-refractivity contribution in [2.24, 2.45) is 0 Å². The number of hydrogen-bond acceptors (Lipinski definition) is 3. The number of rotatable bonds is 3. The van der Waals surface area contributed by atoms with Gasteiger partial charge < -0.3 is 10.2 Å². The van der Waals surface area contributed by atoms with E-state index in [2.05, 4.69) is 26.2 Å². The van der Waals surface area contributed by atoms with E-state index in [1.165, 1.54) is 5.56 Å². The number of anilines is 1. The summed E-state index contributed by atoms with van der Waals surface area (Å²) in [6.07, 6.45) is 3.74. The van der Waals surface area contributed by atoms with Gasteiger partial charge in [-0.3, -0.25) is 9.88 Å². The van der Waals surface area contributed by atoms with E-state index in [0.29, 0.717) is 5.02 Å². The zero-order valence-corrected chi connectivity index (χ0v) is 14.4. The molecule has 0 aliphatic carbocycles. The first-order chi connectivity index (χ1) is 11.2. The maximum absolute atomic E-state index is 6.00. The molecular formula is C17H19ClN4S. The number of aromatic nitrogens is 1. The van der Waals surface area contributed by atoms with Crippen LogP contribution in [-0.2, 0) is 6.54 Å². The van der Waals surface area contributed by atoms with Crippen LogP contribution in [0.25, 0.3) is 0 Å². The van der Waals surface area contributed by atoms with Crippen LogP contribution in [0.2, 0.25) is 5.02 Å². The summed E-state index contributed by atoms with van der Waals surface area (Å²) in [6.45, 7) is 4.77. The van der Waals surface area contributed by atoms with Gasteiger partial charge in [0.1, 0.15) is 0 Å². The summed E-state index contributed by atoms with van der Waals surface area (Å²) >= 11 is 11.5. The lowest BCUT2D eigenvalue weighted by Crippen LogP contribution is -2.49. The third kappa shape index (κ3) is 4.64. The minimum atomic E-state index is 0.707. The Morgan fingerprint density at radius 3 is 2.70 bits per heavy atom. The quantitative estimate of drug-likeness (QED) is 0.862. The van der Waals surface area contributed by atoms with Crippen molar-refractivity contribution in [3.63, 3.8) is 0 Å². The van der Waals surface area contributed by atoms with Crippen molar-refractivity contribution in [1.82, 2.24) is 14.8 Å². The molecule has 1 aromatic carbocycles. The maximum atomic E-state index is 6.00. The Morgan fingerprint density at radius 2 is 2.00 bits per heavy atom. The van der Waals surface area contributed by atoms with Gasteiger partial charge in [0.25, 0.3) is 0 Å². The second kappa shape index (κ2) is 7.73. The maximum Gasteiger partial charge on any atom is 0.173 e. The lowest BCUT2D eigenvalue weighted by molar-refractivity contribution is 0.177. The molecule has 4 nitrogen and oxygen atoms in total. The van der Waals surface area contributed by atoms with E-state index in [4.69, 9.17) is 23.8 Å². The molecule has 1 aliphatic heterocycles. The summed E-state index contributed by atoms with van der Waals surface area (Å²) in [4.78, 5) is 8.80. The molecular weight excluding hydrogens is 328 g/mol. The van der Waals surface area contributed by atoms with E-state index < -0.39 is 0 Å². The van der Waals surface area contributed by atoms with Crippen LogP contribution in [0.15, 0.2) is 48.8 Å². The molecule has 1 saturated heterocycles. The number of nitrogens with zero attached hydrogens (tertiary/aromatic N) is 3. The molecule has 0 atom stereocenters. The predicted molar refractivity (Wildman–Crippen MR) is 98.8 cm³/mol. The Kier molecular flexibility index (Phi) is 5.43. The first-order valence-corrected chi connectivity index (χ1v) is 8.42. The van der Waals surface area contributed by atoms with Gasteiger partial charge in [-0.2, -0.15) is 0 Å². The molecule has 0 radical (unpaired) electrons. The number of halogens is 1. The van der Waals surface area contributed by atoms with E-state index in [1.54, 1.807) is 6.20 Å². The monoisotopic (exact) mass is 346 g/mol. The molecule has 0 bridgehead atoms. The van der Waals surface area contributed by atoms with Gasteiger partial charge in [-0.15, -0.1) is 0 Å². The van der Waals surface area contributed by atoms with Crippen molar-refractivity contribution in [2.45, 2.75) is 6.54 Å². The molecule has 2 aromatic rings. The molecule has 3 rings (SSSR count). The van der Waals surface area contributed by atoms with Crippen LogP contribution in [0.5, 0.6) is 0 Å². The lowest BCUT2D eigenvalue weighted by Gasteiger charge is -2.36. The smallest absolute Gasteiger partial charge is 0.173 e. The second-order valence-electron chi connectivity index (χ2n) is 5.56. The fourth-order valence-electron chi connectivity index (χ4n) is 2.63. The summed E-state index contributed by atoms with van der Waals surface area (Å²) in [6, 6.07) is 11.7. The lowest BCUT2D eigenvalue weighted by atomic mass is 10.2. The summed E-state index contributed by atoms with van der Waals surface area (Å²) in [7, 11) is 0. The van der Waals surface area contributed by atoms with Gasteiger partial charge in [-0.25, -0.2) is 0 Å². The van der Waals surface area contributed by atoms with Crippen molar-refractivity contribution < 1.29 is 0 Å². The van der Waals surface area contributed by atoms with Crippen LogP contribution in [0.3, 0.4) is 0 Å². The first-order valence-electron chi connectivity index (χ1n) is 7.63. The molecule has 2 heterocycles. The third-order valence-electron chi connectivity index (χ3n) is 3.86. The topological polar surface area (TPSA) is 31.4 Å². The molecule has 120 valence electrons. The average molecular weight is 347 g/mol. The Labute approximate surface area is 147 Å². The fraction of sp³-hybridized carbons (Fsp3) is 0.294. The normalized spacial score (nSPS) is 15.4. The summed E-state index contributed by atoms with van der Waals surface area (Å²) < 4.78 is 0. The van der Waals surface area contributed by atoms with Crippen LogP contribution in [0, 0.1) is 0 Å². The average Bonchev–Trinajstić information content (AvgIpc) is 2.56. The highest BCUT2D eigenvalue weighted by Gasteiger charge is 2.19. The van der Waals surface area contributed by atoms with E-state index in [0.717, 1.165) is 43.5 Å². The summed E-state index contributed by atoms with van der Waals surface area (Å²) in [5.41, 5.74) is 2.18. The van der Waals surface area contributed by atoms with E-state index in [1.807, 2.05) is 36.5 Å². The van der Waals surface area contributed by atoms with Crippen LogP contribution in [0.4, 0.5) is 5.69 Å². The molecule has 1 fully saturated rings. The van der Waals surface area contributed by atoms with Gasteiger partial charge in [0, 0.05) is 55.8 Å². The third-order valence-corrected chi connectivity index (χ3v) is 4.46. The largest absolute Gasteiger partial charge is 0.346 e. The van der Waals surface area contributed by atoms with Crippen LogP contribution < -0.4 is 5.32 Å². The Hall–Kier alpha value is -1.69. The zero-order chi connectivity index (χ0) is 16.1. The van der Waals surface area contributed by atoms with E-state index >= 15 is 0 Å². The number of piperazine rings is 1. The Balaban J connectivity index is 1.49. The van der Waals surface area contributed by atoms with Gasteiger partial charge in [0.2, 0.25) is 0 Å². The summed E-state index contributed by atoms with van der Waals surface area (Å²) in [5, 5.41) is 4.73. The fourth-order valence-corrected chi connectivity index (χ4v) is 3.12. The van der Waals surface area contributed by atoms with Gasteiger partial charge in [0.15, 0.2) is 5.11 Å². The number of pyridine rings is 1. The molecule has 1 N–H and O–H groups in total. The van der Waals surface area contributed by atoms with Crippen molar-refractivity contribution in [1.29, 1.82) is 0 Å². The first kappa shape index (κ1) is 16.2. The van der Waals surface area contributed by atoms with Crippen molar-refractivity contribution in [2.75, 3.05) is 31.5 Å². The second-order valence-corrected chi connectivity index (χ2v) is 6.39. The molecule has 6 heteroatoms. The molecule has 23 heavy (non-hydrogen) atoms. The molecule has 1 aromatic heterocycles. The molecule has 0 spiro atoms. The highest BCUT2D eigenvalue weighted by atomic mass is 35.5. The highest BCUT2D eigenvalue weighted by molar-refractivity contribution is 7.80. The Bertz CT molecular complexity index is 657. The van der Waals surface area contributed by atoms with Crippen molar-refractivity contribution >= 4 is 34.6 Å². The minimum Gasteiger partial charge on any atom is -0.346 e. The van der Waals surface area contributed by atoms with Crippen molar-refractivity contribution in [3.05, 3.63) is 59.4 Å². The van der Waals surface area contributed by atoms with Gasteiger partial charge in [0.05, 0.1) is 0 Å². The van der Waals surface area contributed by atoms with Gasteiger partial charge in [-0.05, 0) is 42.0 Å². The van der Waals surface area contributed by atoms with Crippen LogP contribution >= 0.6 is 23.8 Å². The molecule has 1 aliphatic rings. The predicted octanol–water partition coefficient (Wildman–Crippen LogP) is 3.25. The minimum absolute atomic E-state index is 0.707. The molecule has 0 amide bonds.